The number of aryl methyl sites for hydroxylation is 1. The summed E-state index contributed by atoms with van der Waals surface area (Å²) >= 11 is 1.53. The van der Waals surface area contributed by atoms with E-state index in [1.54, 1.807) is 6.07 Å². The molecule has 0 fully saturated rings. The number of hydrogen-bond donors (Lipinski definition) is 1. The molecule has 7 heteroatoms. The van der Waals surface area contributed by atoms with Gasteiger partial charge in [0.15, 0.2) is 0 Å². The van der Waals surface area contributed by atoms with Crippen molar-refractivity contribution in [3.8, 4) is 10.6 Å². The van der Waals surface area contributed by atoms with Crippen LogP contribution in [0.5, 0.6) is 0 Å². The monoisotopic (exact) mass is 348 g/mol. The average Bonchev–Trinajstić information content (AvgIpc) is 2.98. The third kappa shape index (κ3) is 3.42. The lowest BCUT2D eigenvalue weighted by Gasteiger charge is -2.13. The Balaban J connectivity index is 1.92. The van der Waals surface area contributed by atoms with E-state index in [9.17, 15) is 18.7 Å². The van der Waals surface area contributed by atoms with Crippen LogP contribution in [-0.4, -0.2) is 14.9 Å². The van der Waals surface area contributed by atoms with E-state index < -0.39 is 23.3 Å². The summed E-state index contributed by atoms with van der Waals surface area (Å²) in [6, 6.07) is 9.58. The molecule has 0 aliphatic rings. The summed E-state index contributed by atoms with van der Waals surface area (Å²) in [5, 5.41) is 14.4. The van der Waals surface area contributed by atoms with E-state index in [0.717, 1.165) is 32.6 Å². The average molecular weight is 348 g/mol. The van der Waals surface area contributed by atoms with Crippen LogP contribution in [0.25, 0.3) is 10.6 Å². The molecule has 3 aromatic rings. The Bertz CT molecular complexity index is 936. The fourth-order valence-electron chi connectivity index (χ4n) is 2.32. The first kappa shape index (κ1) is 16.5. The van der Waals surface area contributed by atoms with Crippen molar-refractivity contribution in [3.63, 3.8) is 0 Å². The van der Waals surface area contributed by atoms with E-state index in [2.05, 4.69) is 5.10 Å². The standard InChI is InChI=1S/C17H14F2N2O2S/c1-10-2-6-16(24-10)14-5-7-17(23)21(20-14)9-15(22)12-8-11(18)3-4-13(12)19/h2-8,15,22H,9H2,1H3. The Morgan fingerprint density at radius 2 is 2.00 bits per heavy atom. The number of aliphatic hydroxyl groups excluding tert-OH is 1. The molecule has 0 saturated heterocycles. The van der Waals surface area contributed by atoms with Crippen LogP contribution in [0.1, 0.15) is 16.5 Å². The fraction of sp³-hybridized carbons (Fsp3) is 0.176. The summed E-state index contributed by atoms with van der Waals surface area (Å²) in [4.78, 5) is 13.9. The first-order chi connectivity index (χ1) is 11.4. The maximum Gasteiger partial charge on any atom is 0.266 e. The van der Waals surface area contributed by atoms with Crippen LogP contribution in [0.4, 0.5) is 8.78 Å². The molecule has 3 rings (SSSR count). The van der Waals surface area contributed by atoms with Crippen molar-refractivity contribution >= 4 is 11.3 Å². The molecule has 1 N–H and O–H groups in total. The van der Waals surface area contributed by atoms with Crippen LogP contribution < -0.4 is 5.56 Å². The van der Waals surface area contributed by atoms with Crippen LogP contribution in [-0.2, 0) is 6.54 Å². The molecule has 24 heavy (non-hydrogen) atoms. The molecule has 2 aromatic heterocycles. The van der Waals surface area contributed by atoms with Crippen molar-refractivity contribution in [2.75, 3.05) is 0 Å². The zero-order valence-corrected chi connectivity index (χ0v) is 13.6. The van der Waals surface area contributed by atoms with Crippen molar-refractivity contribution in [1.82, 2.24) is 9.78 Å². The predicted molar refractivity (Wildman–Crippen MR) is 87.9 cm³/mol. The highest BCUT2D eigenvalue weighted by Crippen LogP contribution is 2.25. The molecule has 0 saturated carbocycles. The number of hydrogen-bond acceptors (Lipinski definition) is 4. The summed E-state index contributed by atoms with van der Waals surface area (Å²) < 4.78 is 28.0. The summed E-state index contributed by atoms with van der Waals surface area (Å²) in [7, 11) is 0. The van der Waals surface area contributed by atoms with Crippen LogP contribution in [0, 0.1) is 18.6 Å². The Kier molecular flexibility index (Phi) is 4.55. The molecule has 0 spiro atoms. The van der Waals surface area contributed by atoms with Crippen LogP contribution in [0.3, 0.4) is 0 Å². The van der Waals surface area contributed by atoms with Crippen LogP contribution in [0.2, 0.25) is 0 Å². The molecule has 0 amide bonds. The van der Waals surface area contributed by atoms with Gasteiger partial charge < -0.3 is 5.11 Å². The molecule has 1 atom stereocenters. The fourth-order valence-corrected chi connectivity index (χ4v) is 3.15. The van der Waals surface area contributed by atoms with Gasteiger partial charge in [0, 0.05) is 16.5 Å². The number of halogens is 2. The van der Waals surface area contributed by atoms with Gasteiger partial charge in [-0.2, -0.15) is 5.10 Å². The van der Waals surface area contributed by atoms with E-state index in [-0.39, 0.29) is 12.1 Å². The predicted octanol–water partition coefficient (Wildman–Crippen LogP) is 3.29. The summed E-state index contributed by atoms with van der Waals surface area (Å²) in [5.41, 5.74) is -0.0522. The number of aliphatic hydroxyl groups is 1. The van der Waals surface area contributed by atoms with E-state index in [0.29, 0.717) is 5.69 Å². The zero-order chi connectivity index (χ0) is 17.3. The largest absolute Gasteiger partial charge is 0.386 e. The minimum Gasteiger partial charge on any atom is -0.386 e. The Morgan fingerprint density at radius 1 is 1.21 bits per heavy atom. The number of nitrogens with zero attached hydrogens (tertiary/aromatic N) is 2. The molecule has 0 bridgehead atoms. The van der Waals surface area contributed by atoms with Gasteiger partial charge in [-0.05, 0) is 43.3 Å². The van der Waals surface area contributed by atoms with Gasteiger partial charge in [0.25, 0.3) is 5.56 Å². The minimum atomic E-state index is -1.38. The first-order valence-electron chi connectivity index (χ1n) is 7.22. The van der Waals surface area contributed by atoms with Gasteiger partial charge in [-0.1, -0.05) is 0 Å². The number of aromatic nitrogens is 2. The normalized spacial score (nSPS) is 12.3. The second-order valence-corrected chi connectivity index (χ2v) is 6.62. The molecule has 124 valence electrons. The van der Waals surface area contributed by atoms with E-state index in [1.165, 1.54) is 17.4 Å². The Hall–Kier alpha value is -2.38. The first-order valence-corrected chi connectivity index (χ1v) is 8.03. The molecule has 2 heterocycles. The lowest BCUT2D eigenvalue weighted by Crippen LogP contribution is -2.25. The Morgan fingerprint density at radius 3 is 2.71 bits per heavy atom. The van der Waals surface area contributed by atoms with Gasteiger partial charge in [-0.15, -0.1) is 11.3 Å². The lowest BCUT2D eigenvalue weighted by atomic mass is 10.1. The van der Waals surface area contributed by atoms with Crippen molar-refractivity contribution in [2.24, 2.45) is 0 Å². The topological polar surface area (TPSA) is 55.1 Å². The van der Waals surface area contributed by atoms with Gasteiger partial charge in [0.05, 0.1) is 11.4 Å². The van der Waals surface area contributed by atoms with Gasteiger partial charge in [0.2, 0.25) is 0 Å². The SMILES string of the molecule is Cc1ccc(-c2ccc(=O)n(CC(O)c3cc(F)ccc3F)n2)s1. The molecule has 1 aromatic carbocycles. The molecule has 0 aliphatic carbocycles. The van der Waals surface area contributed by atoms with Crippen molar-refractivity contribution in [2.45, 2.75) is 19.6 Å². The maximum absolute atomic E-state index is 13.7. The molecular weight excluding hydrogens is 334 g/mol. The molecule has 1 unspecified atom stereocenters. The summed E-state index contributed by atoms with van der Waals surface area (Å²) in [6.45, 7) is 1.69. The molecule has 0 radical (unpaired) electrons. The number of rotatable bonds is 4. The van der Waals surface area contributed by atoms with Gasteiger partial charge in [-0.3, -0.25) is 4.79 Å². The van der Waals surface area contributed by atoms with Crippen molar-refractivity contribution in [3.05, 3.63) is 74.9 Å². The quantitative estimate of drug-likeness (QED) is 0.787. The van der Waals surface area contributed by atoms with Crippen molar-refractivity contribution in [1.29, 1.82) is 0 Å². The van der Waals surface area contributed by atoms with Crippen molar-refractivity contribution < 1.29 is 13.9 Å². The number of benzene rings is 1. The maximum atomic E-state index is 13.7. The van der Waals surface area contributed by atoms with Crippen LogP contribution >= 0.6 is 11.3 Å². The number of thiophene rings is 1. The highest BCUT2D eigenvalue weighted by Gasteiger charge is 2.16. The minimum absolute atomic E-state index is 0.207. The second kappa shape index (κ2) is 6.62. The highest BCUT2D eigenvalue weighted by atomic mass is 32.1. The van der Waals surface area contributed by atoms with Gasteiger partial charge in [-0.25, -0.2) is 13.5 Å². The van der Waals surface area contributed by atoms with E-state index in [4.69, 9.17) is 0 Å². The summed E-state index contributed by atoms with van der Waals surface area (Å²) in [6.07, 6.45) is -1.38. The smallest absolute Gasteiger partial charge is 0.266 e. The molecule has 4 nitrogen and oxygen atoms in total. The van der Waals surface area contributed by atoms with Gasteiger partial charge in [0.1, 0.15) is 23.4 Å². The van der Waals surface area contributed by atoms with Gasteiger partial charge >= 0.3 is 0 Å². The molecule has 0 aliphatic heterocycles. The zero-order valence-electron chi connectivity index (χ0n) is 12.7. The highest BCUT2D eigenvalue weighted by molar-refractivity contribution is 7.15. The second-order valence-electron chi connectivity index (χ2n) is 5.33. The van der Waals surface area contributed by atoms with E-state index >= 15 is 0 Å². The Labute approximate surface area is 140 Å². The van der Waals surface area contributed by atoms with Crippen LogP contribution in [0.15, 0.2) is 47.3 Å². The molecular formula is C17H14F2N2O2S. The van der Waals surface area contributed by atoms with E-state index in [1.807, 2.05) is 19.1 Å². The third-order valence-electron chi connectivity index (χ3n) is 3.52. The lowest BCUT2D eigenvalue weighted by molar-refractivity contribution is 0.145. The third-order valence-corrected chi connectivity index (χ3v) is 4.55. The summed E-state index contributed by atoms with van der Waals surface area (Å²) in [5.74, 6) is -1.39.